The van der Waals surface area contributed by atoms with Crippen molar-refractivity contribution in [1.29, 1.82) is 0 Å². The Labute approximate surface area is 106 Å². The topological polar surface area (TPSA) is 59.4 Å². The first-order valence-electron chi connectivity index (χ1n) is 4.77. The zero-order valence-electron chi connectivity index (χ0n) is 8.63. The average molecular weight is 294 g/mol. The maximum atomic E-state index is 11.0. The number of rotatable bonds is 3. The molecule has 0 saturated heterocycles. The molecule has 17 heavy (non-hydrogen) atoms. The number of aromatic carboxylic acids is 1. The van der Waals surface area contributed by atoms with Gasteiger partial charge in [-0.2, -0.15) is 0 Å². The molecular weight excluding hydrogens is 286 g/mol. The van der Waals surface area contributed by atoms with Crippen molar-refractivity contribution in [1.82, 2.24) is 4.98 Å². The van der Waals surface area contributed by atoms with Gasteiger partial charge in [0.15, 0.2) is 5.75 Å². The molecule has 0 aliphatic carbocycles. The molecule has 0 fully saturated rings. The van der Waals surface area contributed by atoms with E-state index in [1.54, 1.807) is 18.2 Å². The van der Waals surface area contributed by atoms with Crippen molar-refractivity contribution in [3.63, 3.8) is 0 Å². The van der Waals surface area contributed by atoms with Crippen molar-refractivity contribution in [3.05, 3.63) is 52.8 Å². The lowest BCUT2D eigenvalue weighted by Crippen LogP contribution is -2.00. The lowest BCUT2D eigenvalue weighted by atomic mass is 10.2. The standard InChI is InChI=1S/C12H8BrNO3/c13-8-2-1-3-9(6-8)17-11-7-14-5-4-10(11)12(15)16/h1-7H,(H,15,16). The zero-order valence-corrected chi connectivity index (χ0v) is 10.2. The third-order valence-corrected chi connectivity index (χ3v) is 2.53. The van der Waals surface area contributed by atoms with Gasteiger partial charge >= 0.3 is 5.97 Å². The summed E-state index contributed by atoms with van der Waals surface area (Å²) in [5.74, 6) is -0.273. The number of aromatic nitrogens is 1. The molecule has 1 heterocycles. The number of pyridine rings is 1. The van der Waals surface area contributed by atoms with Crippen LogP contribution in [0.5, 0.6) is 11.5 Å². The number of carbonyl (C=O) groups is 1. The van der Waals surface area contributed by atoms with E-state index in [1.807, 2.05) is 6.07 Å². The fourth-order valence-corrected chi connectivity index (χ4v) is 1.67. The number of hydrogen-bond donors (Lipinski definition) is 1. The van der Waals surface area contributed by atoms with E-state index in [9.17, 15) is 4.79 Å². The van der Waals surface area contributed by atoms with Crippen LogP contribution >= 0.6 is 15.9 Å². The summed E-state index contributed by atoms with van der Waals surface area (Å²) in [7, 11) is 0. The molecule has 2 aromatic rings. The van der Waals surface area contributed by atoms with E-state index in [0.29, 0.717) is 5.75 Å². The summed E-state index contributed by atoms with van der Waals surface area (Å²) in [4.78, 5) is 14.8. The highest BCUT2D eigenvalue weighted by Crippen LogP contribution is 2.26. The number of ether oxygens (including phenoxy) is 1. The van der Waals surface area contributed by atoms with Crippen molar-refractivity contribution >= 4 is 21.9 Å². The van der Waals surface area contributed by atoms with E-state index in [-0.39, 0.29) is 11.3 Å². The van der Waals surface area contributed by atoms with Gasteiger partial charge in [-0.05, 0) is 24.3 Å². The molecule has 0 radical (unpaired) electrons. The van der Waals surface area contributed by atoms with Gasteiger partial charge in [0.25, 0.3) is 0 Å². The Hall–Kier alpha value is -1.88. The van der Waals surface area contributed by atoms with Gasteiger partial charge in [0.1, 0.15) is 11.3 Å². The lowest BCUT2D eigenvalue weighted by molar-refractivity contribution is 0.0694. The normalized spacial score (nSPS) is 9.94. The second-order valence-electron chi connectivity index (χ2n) is 3.24. The molecular formula is C12H8BrNO3. The van der Waals surface area contributed by atoms with Crippen molar-refractivity contribution in [2.24, 2.45) is 0 Å². The van der Waals surface area contributed by atoms with Crippen molar-refractivity contribution in [2.75, 3.05) is 0 Å². The third-order valence-electron chi connectivity index (χ3n) is 2.04. The number of hydrogen-bond acceptors (Lipinski definition) is 3. The molecule has 0 aliphatic rings. The van der Waals surface area contributed by atoms with Gasteiger partial charge < -0.3 is 9.84 Å². The number of nitrogens with zero attached hydrogens (tertiary/aromatic N) is 1. The first-order valence-corrected chi connectivity index (χ1v) is 5.57. The predicted molar refractivity (Wildman–Crippen MR) is 65.4 cm³/mol. The maximum Gasteiger partial charge on any atom is 0.339 e. The molecule has 0 bridgehead atoms. The third kappa shape index (κ3) is 2.82. The molecule has 4 nitrogen and oxygen atoms in total. The Kier molecular flexibility index (Phi) is 3.39. The van der Waals surface area contributed by atoms with Crippen molar-refractivity contribution in [2.45, 2.75) is 0 Å². The Balaban J connectivity index is 2.33. The second-order valence-corrected chi connectivity index (χ2v) is 4.15. The molecule has 1 aromatic heterocycles. The lowest BCUT2D eigenvalue weighted by Gasteiger charge is -2.07. The summed E-state index contributed by atoms with van der Waals surface area (Å²) in [6, 6.07) is 8.54. The van der Waals surface area contributed by atoms with Gasteiger partial charge in [-0.25, -0.2) is 4.79 Å². The van der Waals surface area contributed by atoms with Crippen LogP contribution in [0.4, 0.5) is 0 Å². The van der Waals surface area contributed by atoms with Crippen LogP contribution in [0.2, 0.25) is 0 Å². The van der Waals surface area contributed by atoms with Gasteiger partial charge in [-0.3, -0.25) is 4.98 Å². The SMILES string of the molecule is O=C(O)c1ccncc1Oc1cccc(Br)c1. The first kappa shape index (κ1) is 11.6. The smallest absolute Gasteiger partial charge is 0.339 e. The molecule has 2 rings (SSSR count). The summed E-state index contributed by atoms with van der Waals surface area (Å²) >= 11 is 3.31. The maximum absolute atomic E-state index is 11.0. The van der Waals surface area contributed by atoms with Crippen LogP contribution in [0, 0.1) is 0 Å². The first-order chi connectivity index (χ1) is 8.16. The number of carboxylic acids is 1. The van der Waals surface area contributed by atoms with Gasteiger partial charge in [0.2, 0.25) is 0 Å². The Morgan fingerprint density at radius 1 is 1.35 bits per heavy atom. The summed E-state index contributed by atoms with van der Waals surface area (Å²) in [6.45, 7) is 0. The fraction of sp³-hybridized carbons (Fsp3) is 0. The van der Waals surface area contributed by atoms with Gasteiger partial charge in [-0.1, -0.05) is 22.0 Å². The molecule has 5 heteroatoms. The quantitative estimate of drug-likeness (QED) is 0.943. The highest BCUT2D eigenvalue weighted by molar-refractivity contribution is 9.10. The van der Waals surface area contributed by atoms with E-state index in [4.69, 9.17) is 9.84 Å². The molecule has 0 aliphatic heterocycles. The van der Waals surface area contributed by atoms with Crippen molar-refractivity contribution < 1.29 is 14.6 Å². The van der Waals surface area contributed by atoms with Crippen molar-refractivity contribution in [3.8, 4) is 11.5 Å². The van der Waals surface area contributed by atoms with E-state index < -0.39 is 5.97 Å². The Bertz CT molecular complexity index is 557. The molecule has 0 atom stereocenters. The van der Waals surface area contributed by atoms with Crippen LogP contribution < -0.4 is 4.74 Å². The molecule has 0 amide bonds. The molecule has 86 valence electrons. The predicted octanol–water partition coefficient (Wildman–Crippen LogP) is 3.33. The van der Waals surface area contributed by atoms with Crippen LogP contribution in [-0.2, 0) is 0 Å². The molecule has 1 aromatic carbocycles. The minimum atomic E-state index is -1.04. The van der Waals surface area contributed by atoms with Gasteiger partial charge in [0.05, 0.1) is 6.20 Å². The molecule has 1 N–H and O–H groups in total. The highest BCUT2D eigenvalue weighted by atomic mass is 79.9. The van der Waals surface area contributed by atoms with Gasteiger partial charge in [-0.15, -0.1) is 0 Å². The largest absolute Gasteiger partial charge is 0.478 e. The average Bonchev–Trinajstić information content (AvgIpc) is 2.29. The molecule has 0 saturated carbocycles. The van der Waals surface area contributed by atoms with Gasteiger partial charge in [0, 0.05) is 10.7 Å². The number of carboxylic acid groups (broad SMARTS) is 1. The summed E-state index contributed by atoms with van der Waals surface area (Å²) < 4.78 is 6.34. The number of benzene rings is 1. The van der Waals surface area contributed by atoms with E-state index in [1.165, 1.54) is 18.5 Å². The Morgan fingerprint density at radius 3 is 2.88 bits per heavy atom. The summed E-state index contributed by atoms with van der Waals surface area (Å²) in [6.07, 6.45) is 2.79. The van der Waals surface area contributed by atoms with Crippen LogP contribution in [0.15, 0.2) is 47.2 Å². The molecule has 0 spiro atoms. The van der Waals surface area contributed by atoms with Crippen LogP contribution in [0.1, 0.15) is 10.4 Å². The second kappa shape index (κ2) is 4.97. The van der Waals surface area contributed by atoms with Crippen LogP contribution in [0.25, 0.3) is 0 Å². The van der Waals surface area contributed by atoms with Crippen LogP contribution in [0.3, 0.4) is 0 Å². The number of halogens is 1. The van der Waals surface area contributed by atoms with E-state index >= 15 is 0 Å². The van der Waals surface area contributed by atoms with E-state index in [0.717, 1.165) is 4.47 Å². The molecule has 0 unspecified atom stereocenters. The highest BCUT2D eigenvalue weighted by Gasteiger charge is 2.11. The minimum absolute atomic E-state index is 0.0833. The van der Waals surface area contributed by atoms with Crippen LogP contribution in [-0.4, -0.2) is 16.1 Å². The Morgan fingerprint density at radius 2 is 2.18 bits per heavy atom. The fourth-order valence-electron chi connectivity index (χ4n) is 1.30. The minimum Gasteiger partial charge on any atom is -0.478 e. The zero-order chi connectivity index (χ0) is 12.3. The monoisotopic (exact) mass is 293 g/mol. The van der Waals surface area contributed by atoms with E-state index in [2.05, 4.69) is 20.9 Å². The summed E-state index contributed by atoms with van der Waals surface area (Å²) in [5.41, 5.74) is 0.0833. The summed E-state index contributed by atoms with van der Waals surface area (Å²) in [5, 5.41) is 8.98.